The zero-order chi connectivity index (χ0) is 12.5. The van der Waals surface area contributed by atoms with Crippen LogP contribution in [0.4, 0.5) is 0 Å². The van der Waals surface area contributed by atoms with Crippen LogP contribution in [0.2, 0.25) is 0 Å². The average molecular weight is 236 g/mol. The highest BCUT2D eigenvalue weighted by Gasteiger charge is 2.05. The van der Waals surface area contributed by atoms with E-state index >= 15 is 0 Å². The minimum Gasteiger partial charge on any atom is -0.481 e. The molecule has 3 nitrogen and oxygen atoms in total. The number of rotatable bonds is 8. The summed E-state index contributed by atoms with van der Waals surface area (Å²) in [5, 5.41) is 3.51. The largest absolute Gasteiger partial charge is 0.481 e. The van der Waals surface area contributed by atoms with Gasteiger partial charge in [0.05, 0.1) is 7.11 Å². The van der Waals surface area contributed by atoms with Gasteiger partial charge in [-0.1, -0.05) is 32.3 Å². The van der Waals surface area contributed by atoms with Gasteiger partial charge in [-0.25, -0.2) is 4.98 Å². The Labute approximate surface area is 105 Å². The molecule has 17 heavy (non-hydrogen) atoms. The second-order valence-electron chi connectivity index (χ2n) is 4.45. The van der Waals surface area contributed by atoms with Gasteiger partial charge in [-0.05, 0) is 19.4 Å². The van der Waals surface area contributed by atoms with Crippen LogP contribution in [0.1, 0.15) is 45.1 Å². The summed E-state index contributed by atoms with van der Waals surface area (Å²) in [6.07, 6.45) is 6.89. The van der Waals surface area contributed by atoms with Gasteiger partial charge in [0.1, 0.15) is 0 Å². The summed E-state index contributed by atoms with van der Waals surface area (Å²) >= 11 is 0. The van der Waals surface area contributed by atoms with Gasteiger partial charge in [-0.2, -0.15) is 0 Å². The highest BCUT2D eigenvalue weighted by atomic mass is 16.5. The molecule has 0 fully saturated rings. The molecule has 0 radical (unpaired) electrons. The van der Waals surface area contributed by atoms with Crippen LogP contribution in [-0.4, -0.2) is 18.1 Å². The lowest BCUT2D eigenvalue weighted by Crippen LogP contribution is -2.25. The Kier molecular flexibility index (Phi) is 6.63. The Morgan fingerprint density at radius 1 is 1.41 bits per heavy atom. The smallest absolute Gasteiger partial charge is 0.217 e. The normalized spacial score (nSPS) is 12.4. The van der Waals surface area contributed by atoms with Gasteiger partial charge >= 0.3 is 0 Å². The zero-order valence-electron chi connectivity index (χ0n) is 11.2. The van der Waals surface area contributed by atoms with Crippen LogP contribution in [0.25, 0.3) is 0 Å². The molecule has 0 amide bonds. The average Bonchev–Trinajstić information content (AvgIpc) is 2.37. The van der Waals surface area contributed by atoms with Crippen LogP contribution in [0.15, 0.2) is 18.3 Å². The van der Waals surface area contributed by atoms with Crippen LogP contribution in [-0.2, 0) is 6.54 Å². The van der Waals surface area contributed by atoms with Crippen molar-refractivity contribution in [2.24, 2.45) is 0 Å². The lowest BCUT2D eigenvalue weighted by Gasteiger charge is -2.14. The number of hydrogen-bond donors (Lipinski definition) is 1. The summed E-state index contributed by atoms with van der Waals surface area (Å²) in [4.78, 5) is 4.19. The van der Waals surface area contributed by atoms with Gasteiger partial charge in [-0.15, -0.1) is 0 Å². The third-order valence-electron chi connectivity index (χ3n) is 2.92. The fourth-order valence-electron chi connectivity index (χ4n) is 1.83. The van der Waals surface area contributed by atoms with Gasteiger partial charge in [-0.3, -0.25) is 0 Å². The molecule has 0 aliphatic rings. The predicted octanol–water partition coefficient (Wildman–Crippen LogP) is 3.15. The molecule has 0 aliphatic heterocycles. The molecule has 96 valence electrons. The summed E-state index contributed by atoms with van der Waals surface area (Å²) in [5.41, 5.74) is 1.12. The fourth-order valence-corrected chi connectivity index (χ4v) is 1.83. The summed E-state index contributed by atoms with van der Waals surface area (Å²) < 4.78 is 5.23. The number of nitrogens with zero attached hydrogens (tertiary/aromatic N) is 1. The Morgan fingerprint density at radius 3 is 2.94 bits per heavy atom. The second kappa shape index (κ2) is 8.07. The van der Waals surface area contributed by atoms with Gasteiger partial charge < -0.3 is 10.1 Å². The third-order valence-corrected chi connectivity index (χ3v) is 2.92. The van der Waals surface area contributed by atoms with Gasteiger partial charge in [0.15, 0.2) is 0 Å². The topological polar surface area (TPSA) is 34.2 Å². The highest BCUT2D eigenvalue weighted by molar-refractivity contribution is 5.25. The summed E-state index contributed by atoms with van der Waals surface area (Å²) in [6, 6.07) is 4.55. The number of unbranched alkanes of at least 4 members (excludes halogenated alkanes) is 2. The van der Waals surface area contributed by atoms with Crippen molar-refractivity contribution in [1.82, 2.24) is 10.3 Å². The molecule has 0 aromatic carbocycles. The maximum absolute atomic E-state index is 5.23. The Hall–Kier alpha value is -1.09. The van der Waals surface area contributed by atoms with Crippen LogP contribution < -0.4 is 10.1 Å². The maximum atomic E-state index is 5.23. The maximum Gasteiger partial charge on any atom is 0.217 e. The van der Waals surface area contributed by atoms with Crippen molar-refractivity contribution in [3.05, 3.63) is 23.9 Å². The van der Waals surface area contributed by atoms with Crippen LogP contribution in [0.5, 0.6) is 5.88 Å². The first kappa shape index (κ1) is 14.0. The second-order valence-corrected chi connectivity index (χ2v) is 4.45. The number of aromatic nitrogens is 1. The van der Waals surface area contributed by atoms with E-state index in [2.05, 4.69) is 30.2 Å². The molecule has 0 aliphatic carbocycles. The van der Waals surface area contributed by atoms with Crippen molar-refractivity contribution in [3.63, 3.8) is 0 Å². The summed E-state index contributed by atoms with van der Waals surface area (Å²) in [5.74, 6) is 0.723. The van der Waals surface area contributed by atoms with E-state index in [9.17, 15) is 0 Å². The molecular weight excluding hydrogens is 212 g/mol. The van der Waals surface area contributed by atoms with E-state index in [1.807, 2.05) is 6.07 Å². The zero-order valence-corrected chi connectivity index (χ0v) is 11.2. The molecule has 1 atom stereocenters. The number of hydrogen-bond acceptors (Lipinski definition) is 3. The molecule has 3 heteroatoms. The van der Waals surface area contributed by atoms with Gasteiger partial charge in [0.2, 0.25) is 5.88 Å². The molecule has 1 aromatic rings. The molecular formula is C14H24N2O. The molecule has 1 aromatic heterocycles. The first-order chi connectivity index (χ1) is 8.27. The Balaban J connectivity index is 2.33. The van der Waals surface area contributed by atoms with Gasteiger partial charge in [0, 0.05) is 24.3 Å². The van der Waals surface area contributed by atoms with Crippen molar-refractivity contribution in [2.45, 2.75) is 52.1 Å². The van der Waals surface area contributed by atoms with Crippen molar-refractivity contribution in [1.29, 1.82) is 0 Å². The molecule has 0 spiro atoms. The summed E-state index contributed by atoms with van der Waals surface area (Å²) in [7, 11) is 1.66. The molecule has 1 N–H and O–H groups in total. The monoisotopic (exact) mass is 236 g/mol. The SMILES string of the molecule is CCCCCC(C)NCc1cccnc1OC. The lowest BCUT2D eigenvalue weighted by molar-refractivity contribution is 0.387. The predicted molar refractivity (Wildman–Crippen MR) is 71.2 cm³/mol. The van der Waals surface area contributed by atoms with Crippen molar-refractivity contribution < 1.29 is 4.74 Å². The minimum absolute atomic E-state index is 0.548. The highest BCUT2D eigenvalue weighted by Crippen LogP contribution is 2.13. The first-order valence-electron chi connectivity index (χ1n) is 6.49. The molecule has 0 saturated carbocycles. The number of methoxy groups -OCH3 is 1. The number of pyridine rings is 1. The molecule has 0 saturated heterocycles. The molecule has 1 heterocycles. The molecule has 1 unspecified atom stereocenters. The van der Waals surface area contributed by atoms with Crippen molar-refractivity contribution >= 4 is 0 Å². The lowest BCUT2D eigenvalue weighted by atomic mass is 10.1. The molecule has 0 bridgehead atoms. The first-order valence-corrected chi connectivity index (χ1v) is 6.49. The van der Waals surface area contributed by atoms with Crippen LogP contribution >= 0.6 is 0 Å². The number of ether oxygens (including phenoxy) is 1. The fraction of sp³-hybridized carbons (Fsp3) is 0.643. The van der Waals surface area contributed by atoms with E-state index in [-0.39, 0.29) is 0 Å². The van der Waals surface area contributed by atoms with E-state index in [4.69, 9.17) is 4.74 Å². The van der Waals surface area contributed by atoms with Crippen molar-refractivity contribution in [3.8, 4) is 5.88 Å². The Bertz CT molecular complexity index is 315. The quantitative estimate of drug-likeness (QED) is 0.704. The minimum atomic E-state index is 0.548. The summed E-state index contributed by atoms with van der Waals surface area (Å²) in [6.45, 7) is 5.29. The third kappa shape index (κ3) is 5.18. The van der Waals surface area contributed by atoms with E-state index < -0.39 is 0 Å². The van der Waals surface area contributed by atoms with Crippen LogP contribution in [0.3, 0.4) is 0 Å². The van der Waals surface area contributed by atoms with Crippen molar-refractivity contribution in [2.75, 3.05) is 7.11 Å². The van der Waals surface area contributed by atoms with Gasteiger partial charge in [0.25, 0.3) is 0 Å². The van der Waals surface area contributed by atoms with E-state index in [0.29, 0.717) is 6.04 Å². The van der Waals surface area contributed by atoms with Crippen LogP contribution in [0, 0.1) is 0 Å². The van der Waals surface area contributed by atoms with E-state index in [1.165, 1.54) is 25.7 Å². The van der Waals surface area contributed by atoms with E-state index in [1.54, 1.807) is 13.3 Å². The molecule has 1 rings (SSSR count). The number of nitrogens with one attached hydrogen (secondary N) is 1. The standard InChI is InChI=1S/C14H24N2O/c1-4-5-6-8-12(2)16-11-13-9-7-10-15-14(13)17-3/h7,9-10,12,16H,4-6,8,11H2,1-3H3. The van der Waals surface area contributed by atoms with E-state index in [0.717, 1.165) is 18.0 Å². The Morgan fingerprint density at radius 2 is 2.24 bits per heavy atom.